The van der Waals surface area contributed by atoms with Crippen molar-refractivity contribution in [3.05, 3.63) is 41.6 Å². The first-order valence-electron chi connectivity index (χ1n) is 6.54. The van der Waals surface area contributed by atoms with Gasteiger partial charge in [-0.15, -0.1) is 0 Å². The maximum atomic E-state index is 11.4. The minimum Gasteiger partial charge on any atom is -0.369 e. The zero-order valence-electron chi connectivity index (χ0n) is 11.6. The van der Waals surface area contributed by atoms with Crippen LogP contribution in [0.25, 0.3) is 11.4 Å². The monoisotopic (exact) mass is 325 g/mol. The van der Waals surface area contributed by atoms with Gasteiger partial charge in [0.2, 0.25) is 0 Å². The Labute approximate surface area is 129 Å². The van der Waals surface area contributed by atoms with Gasteiger partial charge in [0.1, 0.15) is 11.0 Å². The first-order chi connectivity index (χ1) is 10.00. The molecule has 0 saturated carbocycles. The summed E-state index contributed by atoms with van der Waals surface area (Å²) in [5, 5.41) is 3.28. The second kappa shape index (κ2) is 6.87. The first-order valence-corrected chi connectivity index (χ1v) is 8.74. The average molecular weight is 326 g/mol. The predicted molar refractivity (Wildman–Crippen MR) is 85.3 cm³/mol. The van der Waals surface area contributed by atoms with E-state index in [9.17, 15) is 8.42 Å². The number of nitrogens with zero attached hydrogens (tertiary/aromatic N) is 2. The van der Waals surface area contributed by atoms with E-state index in [2.05, 4.69) is 15.3 Å². The molecule has 5 nitrogen and oxygen atoms in total. The van der Waals surface area contributed by atoms with Gasteiger partial charge in [-0.1, -0.05) is 48.9 Å². The lowest BCUT2D eigenvalue weighted by atomic mass is 10.2. The van der Waals surface area contributed by atoms with Crippen molar-refractivity contribution in [2.75, 3.05) is 23.4 Å². The third-order valence-corrected chi connectivity index (χ3v) is 4.79. The molecule has 0 amide bonds. The molecule has 0 bridgehead atoms. The van der Waals surface area contributed by atoms with Gasteiger partial charge in [0, 0.05) is 23.9 Å². The second-order valence-electron chi connectivity index (χ2n) is 4.43. The van der Waals surface area contributed by atoms with Crippen molar-refractivity contribution >= 4 is 27.3 Å². The van der Waals surface area contributed by atoms with Crippen molar-refractivity contribution in [3.63, 3.8) is 0 Å². The van der Waals surface area contributed by atoms with Crippen molar-refractivity contribution < 1.29 is 8.42 Å². The molecule has 1 N–H and O–H groups in total. The van der Waals surface area contributed by atoms with Crippen LogP contribution in [0.3, 0.4) is 0 Å². The molecule has 7 heteroatoms. The van der Waals surface area contributed by atoms with Crippen LogP contribution < -0.4 is 5.32 Å². The van der Waals surface area contributed by atoms with Gasteiger partial charge in [0.05, 0.1) is 5.75 Å². The summed E-state index contributed by atoms with van der Waals surface area (Å²) in [7, 11) is -3.00. The van der Waals surface area contributed by atoms with Crippen LogP contribution in [0, 0.1) is 0 Å². The topological polar surface area (TPSA) is 72.0 Å². The summed E-state index contributed by atoms with van der Waals surface area (Å²) >= 11 is 5.99. The highest BCUT2D eigenvalue weighted by atomic mass is 35.5. The van der Waals surface area contributed by atoms with Crippen LogP contribution in [0.1, 0.15) is 6.92 Å². The SMILES string of the molecule is CCS(=O)(=O)CCNc1cc(Cl)nc(-c2ccccc2)n1. The molecule has 0 aliphatic heterocycles. The Bertz CT molecular complexity index is 705. The van der Waals surface area contributed by atoms with E-state index in [0.717, 1.165) is 5.56 Å². The Morgan fingerprint density at radius 2 is 1.90 bits per heavy atom. The predicted octanol–water partition coefficient (Wildman–Crippen LogP) is 2.64. The van der Waals surface area contributed by atoms with E-state index >= 15 is 0 Å². The third kappa shape index (κ3) is 4.68. The molecule has 2 rings (SSSR count). The Morgan fingerprint density at radius 1 is 1.19 bits per heavy atom. The van der Waals surface area contributed by atoms with E-state index < -0.39 is 9.84 Å². The Morgan fingerprint density at radius 3 is 2.57 bits per heavy atom. The second-order valence-corrected chi connectivity index (χ2v) is 7.29. The van der Waals surface area contributed by atoms with Gasteiger partial charge in [-0.2, -0.15) is 0 Å². The lowest BCUT2D eigenvalue weighted by Gasteiger charge is -2.08. The lowest BCUT2D eigenvalue weighted by Crippen LogP contribution is -2.17. The Balaban J connectivity index is 2.13. The minimum atomic E-state index is -3.00. The molecule has 21 heavy (non-hydrogen) atoms. The quantitative estimate of drug-likeness (QED) is 0.827. The van der Waals surface area contributed by atoms with Crippen LogP contribution >= 0.6 is 11.6 Å². The van der Waals surface area contributed by atoms with Crippen molar-refractivity contribution in [2.24, 2.45) is 0 Å². The normalized spacial score (nSPS) is 11.3. The fourth-order valence-electron chi connectivity index (χ4n) is 1.70. The van der Waals surface area contributed by atoms with Gasteiger partial charge in [-0.25, -0.2) is 18.4 Å². The highest BCUT2D eigenvalue weighted by molar-refractivity contribution is 7.91. The van der Waals surface area contributed by atoms with Gasteiger partial charge in [0.15, 0.2) is 15.7 Å². The number of hydrogen-bond donors (Lipinski definition) is 1. The molecule has 112 valence electrons. The van der Waals surface area contributed by atoms with Crippen LogP contribution in [0.5, 0.6) is 0 Å². The minimum absolute atomic E-state index is 0.0613. The number of rotatable bonds is 6. The van der Waals surface area contributed by atoms with Gasteiger partial charge in [-0.05, 0) is 0 Å². The van der Waals surface area contributed by atoms with Crippen LogP contribution in [-0.2, 0) is 9.84 Å². The third-order valence-electron chi connectivity index (χ3n) is 2.89. The molecule has 0 unspecified atom stereocenters. The number of aromatic nitrogens is 2. The number of anilines is 1. The van der Waals surface area contributed by atoms with Crippen LogP contribution in [0.2, 0.25) is 5.15 Å². The summed E-state index contributed by atoms with van der Waals surface area (Å²) in [5.41, 5.74) is 0.851. The largest absolute Gasteiger partial charge is 0.369 e. The standard InChI is InChI=1S/C14H16ClN3O2S/c1-2-21(19,20)9-8-16-13-10-12(15)17-14(18-13)11-6-4-3-5-7-11/h3-7,10H,2,8-9H2,1H3,(H,16,17,18). The molecule has 0 radical (unpaired) electrons. The molecular weight excluding hydrogens is 310 g/mol. The molecule has 0 atom stereocenters. The smallest absolute Gasteiger partial charge is 0.163 e. The fourth-order valence-corrected chi connectivity index (χ4v) is 2.59. The van der Waals surface area contributed by atoms with Crippen molar-refractivity contribution in [2.45, 2.75) is 6.92 Å². The van der Waals surface area contributed by atoms with E-state index in [-0.39, 0.29) is 18.1 Å². The summed E-state index contributed by atoms with van der Waals surface area (Å²) in [6, 6.07) is 11.0. The number of sulfone groups is 1. The van der Waals surface area contributed by atoms with Crippen LogP contribution in [0.15, 0.2) is 36.4 Å². The van der Waals surface area contributed by atoms with Crippen molar-refractivity contribution in [1.29, 1.82) is 0 Å². The summed E-state index contributed by atoms with van der Waals surface area (Å²) in [5.74, 6) is 1.21. The molecule has 2 aromatic rings. The molecule has 1 heterocycles. The number of benzene rings is 1. The average Bonchev–Trinajstić information content (AvgIpc) is 2.47. The Hall–Kier alpha value is -1.66. The number of halogens is 1. The van der Waals surface area contributed by atoms with Gasteiger partial charge in [0.25, 0.3) is 0 Å². The Kier molecular flexibility index (Phi) is 5.14. The number of nitrogens with one attached hydrogen (secondary N) is 1. The fraction of sp³-hybridized carbons (Fsp3) is 0.286. The van der Waals surface area contributed by atoms with E-state index in [0.29, 0.717) is 16.8 Å². The molecule has 0 aliphatic rings. The molecule has 0 spiro atoms. The molecule has 1 aromatic heterocycles. The van der Waals surface area contributed by atoms with Crippen molar-refractivity contribution in [1.82, 2.24) is 9.97 Å². The van der Waals surface area contributed by atoms with Gasteiger partial charge < -0.3 is 5.32 Å². The highest BCUT2D eigenvalue weighted by Crippen LogP contribution is 2.19. The van der Waals surface area contributed by atoms with Crippen LogP contribution in [0.4, 0.5) is 5.82 Å². The van der Waals surface area contributed by atoms with Gasteiger partial charge >= 0.3 is 0 Å². The van der Waals surface area contributed by atoms with E-state index in [1.807, 2.05) is 30.3 Å². The lowest BCUT2D eigenvalue weighted by molar-refractivity contribution is 0.597. The first kappa shape index (κ1) is 15.7. The number of hydrogen-bond acceptors (Lipinski definition) is 5. The van der Waals surface area contributed by atoms with Crippen LogP contribution in [-0.4, -0.2) is 36.4 Å². The summed E-state index contributed by atoms with van der Waals surface area (Å²) in [4.78, 5) is 8.52. The summed E-state index contributed by atoms with van der Waals surface area (Å²) in [6.07, 6.45) is 0. The maximum absolute atomic E-state index is 11.4. The summed E-state index contributed by atoms with van der Waals surface area (Å²) in [6.45, 7) is 1.92. The maximum Gasteiger partial charge on any atom is 0.163 e. The van der Waals surface area contributed by atoms with E-state index in [1.54, 1.807) is 13.0 Å². The van der Waals surface area contributed by atoms with E-state index in [4.69, 9.17) is 11.6 Å². The molecule has 0 fully saturated rings. The zero-order chi connectivity index (χ0) is 15.3. The highest BCUT2D eigenvalue weighted by Gasteiger charge is 2.08. The molecule has 0 aliphatic carbocycles. The molecule has 0 saturated heterocycles. The zero-order valence-corrected chi connectivity index (χ0v) is 13.2. The van der Waals surface area contributed by atoms with Gasteiger partial charge in [-0.3, -0.25) is 0 Å². The summed E-state index contributed by atoms with van der Waals surface area (Å²) < 4.78 is 22.9. The van der Waals surface area contributed by atoms with Crippen molar-refractivity contribution in [3.8, 4) is 11.4 Å². The van der Waals surface area contributed by atoms with E-state index in [1.165, 1.54) is 0 Å². The molecular formula is C14H16ClN3O2S. The molecule has 1 aromatic carbocycles.